The molecule has 4 heterocycles. The lowest BCUT2D eigenvalue weighted by molar-refractivity contribution is -0.129. The van der Waals surface area contributed by atoms with Gasteiger partial charge in [-0.1, -0.05) is 6.07 Å². The van der Waals surface area contributed by atoms with Gasteiger partial charge in [0.05, 0.1) is 18.1 Å². The van der Waals surface area contributed by atoms with Gasteiger partial charge in [-0.3, -0.25) is 9.78 Å². The van der Waals surface area contributed by atoms with Crippen molar-refractivity contribution in [3.63, 3.8) is 0 Å². The molecule has 5 rings (SSSR count). The van der Waals surface area contributed by atoms with E-state index in [0.717, 1.165) is 25.0 Å². The minimum Gasteiger partial charge on any atom is -0.367 e. The van der Waals surface area contributed by atoms with E-state index in [1.165, 1.54) is 12.3 Å². The van der Waals surface area contributed by atoms with Crippen LogP contribution in [0.1, 0.15) is 6.92 Å². The van der Waals surface area contributed by atoms with Crippen LogP contribution in [0, 0.1) is 11.6 Å². The van der Waals surface area contributed by atoms with Gasteiger partial charge in [0, 0.05) is 50.2 Å². The van der Waals surface area contributed by atoms with E-state index in [0.29, 0.717) is 24.3 Å². The highest BCUT2D eigenvalue weighted by Crippen LogP contribution is 2.27. The quantitative estimate of drug-likeness (QED) is 0.452. The van der Waals surface area contributed by atoms with E-state index in [-0.39, 0.29) is 41.0 Å². The highest BCUT2D eigenvalue weighted by Gasteiger charge is 2.19. The van der Waals surface area contributed by atoms with Gasteiger partial charge in [-0.25, -0.2) is 23.7 Å². The molecule has 0 saturated carbocycles. The first-order chi connectivity index (χ1) is 16.5. The molecule has 0 radical (unpaired) electrons. The topological polar surface area (TPSA) is 87.1 Å². The molecule has 4 aromatic rings. The molecule has 3 aromatic heterocycles. The number of aromatic nitrogens is 4. The molecule has 0 unspecified atom stereocenters. The van der Waals surface area contributed by atoms with E-state index < -0.39 is 11.6 Å². The first-order valence-corrected chi connectivity index (χ1v) is 10.8. The first kappa shape index (κ1) is 24.2. The predicted molar refractivity (Wildman–Crippen MR) is 132 cm³/mol. The van der Waals surface area contributed by atoms with Gasteiger partial charge in [0.25, 0.3) is 0 Å². The van der Waals surface area contributed by atoms with Crippen LogP contribution in [0.3, 0.4) is 0 Å². The highest BCUT2D eigenvalue weighted by molar-refractivity contribution is 5.85. The molecule has 1 saturated heterocycles. The van der Waals surface area contributed by atoms with E-state index in [4.69, 9.17) is 0 Å². The highest BCUT2D eigenvalue weighted by atomic mass is 35.5. The molecule has 1 aliphatic heterocycles. The van der Waals surface area contributed by atoms with E-state index in [1.54, 1.807) is 37.4 Å². The summed E-state index contributed by atoms with van der Waals surface area (Å²) in [5.74, 6) is -0.515. The molecule has 1 N–H and O–H groups in total. The summed E-state index contributed by atoms with van der Waals surface area (Å²) < 4.78 is 29.0. The van der Waals surface area contributed by atoms with Crippen molar-refractivity contribution >= 4 is 46.7 Å². The van der Waals surface area contributed by atoms with E-state index >= 15 is 0 Å². The molecule has 1 aromatic carbocycles. The summed E-state index contributed by atoms with van der Waals surface area (Å²) in [6, 6.07) is 9.93. The van der Waals surface area contributed by atoms with Crippen LogP contribution in [-0.2, 0) is 4.79 Å². The number of carbonyl (C=O) groups excluding carboxylic acids is 1. The second-order valence-electron chi connectivity index (χ2n) is 7.94. The first-order valence-electron chi connectivity index (χ1n) is 10.8. The number of nitrogens with one attached hydrogen (secondary N) is 1. The van der Waals surface area contributed by atoms with Crippen molar-refractivity contribution in [3.8, 4) is 11.3 Å². The monoisotopic (exact) mass is 497 g/mol. The molecular formula is C24H22ClF2N7O. The Hall–Kier alpha value is -3.92. The Morgan fingerprint density at radius 3 is 2.49 bits per heavy atom. The maximum atomic E-state index is 14.5. The van der Waals surface area contributed by atoms with Gasteiger partial charge in [0.15, 0.2) is 5.82 Å². The number of benzene rings is 1. The zero-order valence-corrected chi connectivity index (χ0v) is 19.6. The third kappa shape index (κ3) is 5.12. The summed E-state index contributed by atoms with van der Waals surface area (Å²) in [6.45, 7) is 4.39. The van der Waals surface area contributed by atoms with Gasteiger partial charge >= 0.3 is 0 Å². The summed E-state index contributed by atoms with van der Waals surface area (Å²) >= 11 is 0. The number of halogens is 3. The van der Waals surface area contributed by atoms with Gasteiger partial charge in [0.2, 0.25) is 11.9 Å². The van der Waals surface area contributed by atoms with Crippen molar-refractivity contribution in [2.75, 3.05) is 36.4 Å². The van der Waals surface area contributed by atoms with Gasteiger partial charge in [-0.15, -0.1) is 12.4 Å². The van der Waals surface area contributed by atoms with Crippen LogP contribution in [0.25, 0.3) is 22.2 Å². The molecule has 11 heteroatoms. The largest absolute Gasteiger partial charge is 0.367 e. The van der Waals surface area contributed by atoms with E-state index in [9.17, 15) is 13.6 Å². The lowest BCUT2D eigenvalue weighted by Gasteiger charge is -2.35. The molecule has 0 spiro atoms. The summed E-state index contributed by atoms with van der Waals surface area (Å²) in [6.07, 6.45) is 4.27. The lowest BCUT2D eigenvalue weighted by Crippen LogP contribution is -2.48. The molecular weight excluding hydrogens is 476 g/mol. The zero-order chi connectivity index (χ0) is 23.7. The normalized spacial score (nSPS) is 13.5. The third-order valence-electron chi connectivity index (χ3n) is 5.75. The van der Waals surface area contributed by atoms with Crippen LogP contribution in [0.15, 0.2) is 55.0 Å². The number of carbonyl (C=O) groups is 1. The van der Waals surface area contributed by atoms with Crippen LogP contribution in [0.4, 0.5) is 26.2 Å². The number of hydrogen-bond acceptors (Lipinski definition) is 7. The van der Waals surface area contributed by atoms with Crippen molar-refractivity contribution < 1.29 is 13.6 Å². The molecule has 0 atom stereocenters. The molecule has 0 bridgehead atoms. The number of rotatable bonds is 4. The number of anilines is 3. The predicted octanol–water partition coefficient (Wildman–Crippen LogP) is 4.20. The maximum absolute atomic E-state index is 14.5. The van der Waals surface area contributed by atoms with Crippen molar-refractivity contribution in [1.29, 1.82) is 0 Å². The Morgan fingerprint density at radius 2 is 1.77 bits per heavy atom. The fourth-order valence-corrected chi connectivity index (χ4v) is 3.96. The molecule has 35 heavy (non-hydrogen) atoms. The number of pyridine rings is 2. The van der Waals surface area contributed by atoms with Crippen molar-refractivity contribution in [1.82, 2.24) is 24.8 Å². The SMILES string of the molecule is CC(=O)N1CCN(c2ccc(Nc3ncc(F)c(-c4cc(F)c5ncccc5c4)n3)nc2)CC1.Cl. The fourth-order valence-electron chi connectivity index (χ4n) is 3.96. The van der Waals surface area contributed by atoms with Crippen LogP contribution in [0.2, 0.25) is 0 Å². The summed E-state index contributed by atoms with van der Waals surface area (Å²) in [7, 11) is 0. The Bertz CT molecular complexity index is 1360. The molecule has 1 fully saturated rings. The van der Waals surface area contributed by atoms with Crippen molar-refractivity contribution in [3.05, 3.63) is 66.6 Å². The summed E-state index contributed by atoms with van der Waals surface area (Å²) in [5.41, 5.74) is 1.41. The van der Waals surface area contributed by atoms with Crippen LogP contribution >= 0.6 is 12.4 Å². The number of hydrogen-bond donors (Lipinski definition) is 1. The Labute approximate surface area is 206 Å². The lowest BCUT2D eigenvalue weighted by atomic mass is 10.1. The zero-order valence-electron chi connectivity index (χ0n) is 18.8. The summed E-state index contributed by atoms with van der Waals surface area (Å²) in [4.78, 5) is 32.1. The third-order valence-corrected chi connectivity index (χ3v) is 5.75. The maximum Gasteiger partial charge on any atom is 0.229 e. The Kier molecular flexibility index (Phi) is 7.02. The van der Waals surface area contributed by atoms with Crippen molar-refractivity contribution in [2.24, 2.45) is 0 Å². The average Bonchev–Trinajstić information content (AvgIpc) is 2.86. The number of amides is 1. The number of fused-ring (bicyclic) bond motifs is 1. The number of nitrogens with zero attached hydrogens (tertiary/aromatic N) is 6. The average molecular weight is 498 g/mol. The van der Waals surface area contributed by atoms with Crippen LogP contribution in [0.5, 0.6) is 0 Å². The Morgan fingerprint density at radius 1 is 0.971 bits per heavy atom. The van der Waals surface area contributed by atoms with Gasteiger partial charge in [-0.2, -0.15) is 0 Å². The molecule has 180 valence electrons. The minimum absolute atomic E-state index is 0. The second kappa shape index (κ2) is 10.1. The van der Waals surface area contributed by atoms with E-state index in [1.807, 2.05) is 11.0 Å². The molecule has 8 nitrogen and oxygen atoms in total. The summed E-state index contributed by atoms with van der Waals surface area (Å²) in [5, 5.41) is 3.52. The van der Waals surface area contributed by atoms with Gasteiger partial charge < -0.3 is 15.1 Å². The smallest absolute Gasteiger partial charge is 0.229 e. The number of piperazine rings is 1. The van der Waals surface area contributed by atoms with Crippen molar-refractivity contribution in [2.45, 2.75) is 6.92 Å². The van der Waals surface area contributed by atoms with E-state index in [2.05, 4.69) is 30.2 Å². The Balaban J connectivity index is 0.00000289. The molecule has 0 aliphatic carbocycles. The second-order valence-corrected chi connectivity index (χ2v) is 7.94. The fraction of sp³-hybridized carbons (Fsp3) is 0.208. The standard InChI is InChI=1S/C24H21F2N7O.ClH/c1-15(34)32-7-9-33(10-8-32)18-4-5-21(28-13-18)30-24-29-14-20(26)23(31-24)17-11-16-3-2-6-27-22(16)19(25)12-17;/h2-6,11-14H,7-10H2,1H3,(H,28,29,30,31);1H. The van der Waals surface area contributed by atoms with Gasteiger partial charge in [0.1, 0.15) is 22.8 Å². The minimum atomic E-state index is -0.666. The van der Waals surface area contributed by atoms with Crippen LogP contribution in [-0.4, -0.2) is 56.9 Å². The van der Waals surface area contributed by atoms with Crippen LogP contribution < -0.4 is 10.2 Å². The van der Waals surface area contributed by atoms with Gasteiger partial charge in [-0.05, 0) is 30.3 Å². The molecule has 1 aliphatic rings. The molecule has 1 amide bonds.